The van der Waals surface area contributed by atoms with Crippen molar-refractivity contribution in [2.45, 2.75) is 11.8 Å². The lowest BCUT2D eigenvalue weighted by Crippen LogP contribution is -2.12. The molecule has 112 valence electrons. The van der Waals surface area contributed by atoms with Gasteiger partial charge in [-0.1, -0.05) is 24.3 Å². The van der Waals surface area contributed by atoms with Crippen LogP contribution in [-0.4, -0.2) is 13.4 Å². The van der Waals surface area contributed by atoms with Crippen LogP contribution in [0.5, 0.6) is 0 Å². The van der Waals surface area contributed by atoms with Crippen molar-refractivity contribution < 1.29 is 12.8 Å². The molecule has 2 aromatic heterocycles. The SMILES string of the molecule is Cc1ccc(-c2cocc2NS(=O)(=O)c2ccccc2)cn1. The van der Waals surface area contributed by atoms with E-state index in [2.05, 4.69) is 9.71 Å². The molecule has 0 unspecified atom stereocenters. The predicted molar refractivity (Wildman–Crippen MR) is 83.9 cm³/mol. The monoisotopic (exact) mass is 314 g/mol. The van der Waals surface area contributed by atoms with Crippen LogP contribution in [0.2, 0.25) is 0 Å². The van der Waals surface area contributed by atoms with E-state index < -0.39 is 10.0 Å². The van der Waals surface area contributed by atoms with Crippen LogP contribution in [0, 0.1) is 6.92 Å². The van der Waals surface area contributed by atoms with Crippen LogP contribution in [0.15, 0.2) is 70.5 Å². The number of rotatable bonds is 4. The second-order valence-electron chi connectivity index (χ2n) is 4.81. The number of nitrogens with one attached hydrogen (secondary N) is 1. The summed E-state index contributed by atoms with van der Waals surface area (Å²) in [6.45, 7) is 1.89. The molecule has 0 spiro atoms. The van der Waals surface area contributed by atoms with Gasteiger partial charge in [-0.25, -0.2) is 8.42 Å². The summed E-state index contributed by atoms with van der Waals surface area (Å²) < 4.78 is 32.4. The molecular weight excluding hydrogens is 300 g/mol. The zero-order chi connectivity index (χ0) is 15.6. The van der Waals surface area contributed by atoms with Gasteiger partial charge in [0.1, 0.15) is 12.5 Å². The predicted octanol–water partition coefficient (Wildman–Crippen LogP) is 3.45. The average molecular weight is 314 g/mol. The Bertz CT molecular complexity index is 869. The summed E-state index contributed by atoms with van der Waals surface area (Å²) >= 11 is 0. The lowest BCUT2D eigenvalue weighted by molar-refractivity contribution is 0.568. The molecule has 0 saturated carbocycles. The third kappa shape index (κ3) is 2.87. The molecule has 0 bridgehead atoms. The summed E-state index contributed by atoms with van der Waals surface area (Å²) in [5.41, 5.74) is 2.70. The molecule has 0 aliphatic carbocycles. The molecule has 0 saturated heterocycles. The first-order chi connectivity index (χ1) is 10.6. The van der Waals surface area contributed by atoms with Gasteiger partial charge in [0.25, 0.3) is 10.0 Å². The standard InChI is InChI=1S/C16H14N2O3S/c1-12-7-8-13(9-17-12)15-10-21-11-16(15)18-22(19,20)14-5-3-2-4-6-14/h2-11,18H,1H3. The molecule has 0 fully saturated rings. The number of aromatic nitrogens is 1. The highest BCUT2D eigenvalue weighted by Crippen LogP contribution is 2.30. The Labute approximate surface area is 128 Å². The molecule has 2 heterocycles. The molecule has 6 heteroatoms. The molecule has 5 nitrogen and oxygen atoms in total. The van der Waals surface area contributed by atoms with Crippen molar-refractivity contribution in [3.63, 3.8) is 0 Å². The number of pyridine rings is 1. The van der Waals surface area contributed by atoms with Crippen molar-refractivity contribution in [1.82, 2.24) is 4.98 Å². The fourth-order valence-electron chi connectivity index (χ4n) is 2.03. The number of benzene rings is 1. The van der Waals surface area contributed by atoms with Crippen LogP contribution in [0.1, 0.15) is 5.69 Å². The molecule has 0 atom stereocenters. The number of anilines is 1. The zero-order valence-electron chi connectivity index (χ0n) is 11.9. The minimum absolute atomic E-state index is 0.198. The molecule has 22 heavy (non-hydrogen) atoms. The van der Waals surface area contributed by atoms with Crippen molar-refractivity contribution in [1.29, 1.82) is 0 Å². The Hall–Kier alpha value is -2.60. The van der Waals surface area contributed by atoms with Crippen molar-refractivity contribution in [3.8, 4) is 11.1 Å². The average Bonchev–Trinajstić information content (AvgIpc) is 2.96. The van der Waals surface area contributed by atoms with E-state index in [4.69, 9.17) is 4.42 Å². The number of hydrogen-bond donors (Lipinski definition) is 1. The number of sulfonamides is 1. The summed E-state index contributed by atoms with van der Waals surface area (Å²) in [5, 5.41) is 0. The summed E-state index contributed by atoms with van der Waals surface area (Å²) in [6, 6.07) is 11.9. The first kappa shape index (κ1) is 14.3. The molecule has 0 aliphatic rings. The fraction of sp³-hybridized carbons (Fsp3) is 0.0625. The summed E-state index contributed by atoms with van der Waals surface area (Å²) in [6.07, 6.45) is 4.55. The highest BCUT2D eigenvalue weighted by molar-refractivity contribution is 7.92. The van der Waals surface area contributed by atoms with Crippen molar-refractivity contribution in [2.24, 2.45) is 0 Å². The highest BCUT2D eigenvalue weighted by atomic mass is 32.2. The summed E-state index contributed by atoms with van der Waals surface area (Å²) in [5.74, 6) is 0. The van der Waals surface area contributed by atoms with E-state index in [0.29, 0.717) is 11.3 Å². The van der Waals surface area contributed by atoms with Gasteiger partial charge in [0, 0.05) is 23.0 Å². The highest BCUT2D eigenvalue weighted by Gasteiger charge is 2.17. The Kier molecular flexibility index (Phi) is 3.68. The molecule has 0 amide bonds. The lowest BCUT2D eigenvalue weighted by atomic mass is 10.1. The number of furan rings is 1. The van der Waals surface area contributed by atoms with Gasteiger partial charge in [-0.15, -0.1) is 0 Å². The Morgan fingerprint density at radius 1 is 1.05 bits per heavy atom. The molecule has 0 radical (unpaired) electrons. The normalized spacial score (nSPS) is 11.3. The Morgan fingerprint density at radius 3 is 2.50 bits per heavy atom. The maximum Gasteiger partial charge on any atom is 0.262 e. The first-order valence-corrected chi connectivity index (χ1v) is 8.12. The maximum atomic E-state index is 12.4. The van der Waals surface area contributed by atoms with Gasteiger partial charge in [-0.3, -0.25) is 9.71 Å². The quantitative estimate of drug-likeness (QED) is 0.800. The summed E-state index contributed by atoms with van der Waals surface area (Å²) in [4.78, 5) is 4.41. The van der Waals surface area contributed by atoms with E-state index in [9.17, 15) is 8.42 Å². The van der Waals surface area contributed by atoms with Crippen LogP contribution < -0.4 is 4.72 Å². The number of hydrogen-bond acceptors (Lipinski definition) is 4. The molecule has 0 aliphatic heterocycles. The molecule has 1 aromatic carbocycles. The lowest BCUT2D eigenvalue weighted by Gasteiger charge is -2.08. The van der Waals surface area contributed by atoms with Crippen LogP contribution >= 0.6 is 0 Å². The van der Waals surface area contributed by atoms with Crippen molar-refractivity contribution >= 4 is 15.7 Å². The number of aryl methyl sites for hydroxylation is 1. The van der Waals surface area contributed by atoms with E-state index in [1.807, 2.05) is 19.1 Å². The third-order valence-electron chi connectivity index (χ3n) is 3.18. The van der Waals surface area contributed by atoms with Gasteiger partial charge < -0.3 is 4.42 Å². The Morgan fingerprint density at radius 2 is 1.82 bits per heavy atom. The number of nitrogens with zero attached hydrogens (tertiary/aromatic N) is 1. The van der Waals surface area contributed by atoms with Gasteiger partial charge >= 0.3 is 0 Å². The van der Waals surface area contributed by atoms with Gasteiger partial charge in [0.15, 0.2) is 0 Å². The van der Waals surface area contributed by atoms with E-state index in [-0.39, 0.29) is 4.90 Å². The molecule has 3 rings (SSSR count). The summed E-state index contributed by atoms with van der Waals surface area (Å²) in [7, 11) is -3.65. The van der Waals surface area contributed by atoms with E-state index in [0.717, 1.165) is 11.3 Å². The molecule has 1 N–H and O–H groups in total. The van der Waals surface area contributed by atoms with E-state index >= 15 is 0 Å². The minimum Gasteiger partial charge on any atom is -0.470 e. The smallest absolute Gasteiger partial charge is 0.262 e. The maximum absolute atomic E-state index is 12.4. The van der Waals surface area contributed by atoms with Gasteiger partial charge in [0.05, 0.1) is 10.6 Å². The van der Waals surface area contributed by atoms with Crippen molar-refractivity contribution in [3.05, 3.63) is 66.9 Å². The van der Waals surface area contributed by atoms with E-state index in [1.165, 1.54) is 24.7 Å². The fourth-order valence-corrected chi connectivity index (χ4v) is 3.11. The molecule has 3 aromatic rings. The second-order valence-corrected chi connectivity index (χ2v) is 6.49. The second kappa shape index (κ2) is 5.65. The molecular formula is C16H14N2O3S. The van der Waals surface area contributed by atoms with Gasteiger partial charge in [0.2, 0.25) is 0 Å². The van der Waals surface area contributed by atoms with Crippen molar-refractivity contribution in [2.75, 3.05) is 4.72 Å². The first-order valence-electron chi connectivity index (χ1n) is 6.63. The van der Waals surface area contributed by atoms with Crippen LogP contribution in [0.4, 0.5) is 5.69 Å². The van der Waals surface area contributed by atoms with Crippen LogP contribution in [-0.2, 0) is 10.0 Å². The van der Waals surface area contributed by atoms with Crippen LogP contribution in [0.25, 0.3) is 11.1 Å². The van der Waals surface area contributed by atoms with Gasteiger partial charge in [-0.2, -0.15) is 0 Å². The van der Waals surface area contributed by atoms with E-state index in [1.54, 1.807) is 24.4 Å². The topological polar surface area (TPSA) is 72.2 Å². The largest absolute Gasteiger partial charge is 0.470 e. The minimum atomic E-state index is -3.65. The zero-order valence-corrected chi connectivity index (χ0v) is 12.7. The third-order valence-corrected chi connectivity index (χ3v) is 4.56. The van der Waals surface area contributed by atoms with Gasteiger partial charge in [-0.05, 0) is 25.1 Å². The Balaban J connectivity index is 1.95. The van der Waals surface area contributed by atoms with Crippen LogP contribution in [0.3, 0.4) is 0 Å².